The molecular formula is C9H16N4O3. The van der Waals surface area contributed by atoms with E-state index in [0.29, 0.717) is 6.61 Å². The fourth-order valence-electron chi connectivity index (χ4n) is 0.959. The predicted molar refractivity (Wildman–Crippen MR) is 57.0 cm³/mol. The van der Waals surface area contributed by atoms with Crippen molar-refractivity contribution in [2.75, 3.05) is 33.9 Å². The van der Waals surface area contributed by atoms with Crippen LogP contribution in [0.25, 0.3) is 0 Å². The molecule has 0 radical (unpaired) electrons. The summed E-state index contributed by atoms with van der Waals surface area (Å²) in [5.41, 5.74) is 0. The van der Waals surface area contributed by atoms with E-state index < -0.39 is 0 Å². The minimum absolute atomic E-state index is 0.172. The standard InChI is InChI=1S/C9H16N4O3/c1-4-10-5-6-16-9-12-7(14-2)11-8(13-9)15-3/h10H,4-6H2,1-3H3. The Labute approximate surface area is 94.2 Å². The van der Waals surface area contributed by atoms with Crippen molar-refractivity contribution >= 4 is 0 Å². The maximum absolute atomic E-state index is 5.31. The highest BCUT2D eigenvalue weighted by Gasteiger charge is 2.07. The first-order valence-electron chi connectivity index (χ1n) is 4.97. The molecule has 0 bridgehead atoms. The Bertz CT molecular complexity index is 299. The summed E-state index contributed by atoms with van der Waals surface area (Å²) >= 11 is 0. The summed E-state index contributed by atoms with van der Waals surface area (Å²) in [7, 11) is 2.94. The van der Waals surface area contributed by atoms with Crippen molar-refractivity contribution in [3.05, 3.63) is 0 Å². The summed E-state index contributed by atoms with van der Waals surface area (Å²) < 4.78 is 15.1. The summed E-state index contributed by atoms with van der Waals surface area (Å²) in [5.74, 6) is 0. The molecule has 7 nitrogen and oxygen atoms in total. The van der Waals surface area contributed by atoms with E-state index in [0.717, 1.165) is 13.1 Å². The Balaban J connectivity index is 2.57. The van der Waals surface area contributed by atoms with Crippen molar-refractivity contribution < 1.29 is 14.2 Å². The highest BCUT2D eigenvalue weighted by Crippen LogP contribution is 2.13. The van der Waals surface area contributed by atoms with Gasteiger partial charge in [0, 0.05) is 6.54 Å². The lowest BCUT2D eigenvalue weighted by molar-refractivity contribution is 0.266. The molecule has 0 unspecified atom stereocenters. The quantitative estimate of drug-likeness (QED) is 0.651. The Hall–Kier alpha value is -1.63. The van der Waals surface area contributed by atoms with Crippen LogP contribution in [0.4, 0.5) is 0 Å². The van der Waals surface area contributed by atoms with Crippen molar-refractivity contribution in [2.24, 2.45) is 0 Å². The van der Waals surface area contributed by atoms with Gasteiger partial charge in [0.2, 0.25) is 0 Å². The second kappa shape index (κ2) is 6.78. The van der Waals surface area contributed by atoms with Crippen LogP contribution >= 0.6 is 0 Å². The molecule has 1 heterocycles. The summed E-state index contributed by atoms with van der Waals surface area (Å²) in [6.45, 7) is 4.12. The van der Waals surface area contributed by atoms with E-state index in [1.807, 2.05) is 6.92 Å². The largest absolute Gasteiger partial charge is 0.467 e. The zero-order chi connectivity index (χ0) is 11.8. The smallest absolute Gasteiger partial charge is 0.325 e. The first kappa shape index (κ1) is 12.4. The Morgan fingerprint density at radius 2 is 1.56 bits per heavy atom. The van der Waals surface area contributed by atoms with Crippen molar-refractivity contribution in [3.8, 4) is 18.0 Å². The van der Waals surface area contributed by atoms with Gasteiger partial charge in [-0.15, -0.1) is 15.0 Å². The molecule has 0 spiro atoms. The Morgan fingerprint density at radius 3 is 2.06 bits per heavy atom. The second-order valence-corrected chi connectivity index (χ2v) is 2.79. The second-order valence-electron chi connectivity index (χ2n) is 2.79. The normalized spacial score (nSPS) is 9.94. The third kappa shape index (κ3) is 3.85. The van der Waals surface area contributed by atoms with Gasteiger partial charge >= 0.3 is 18.0 Å². The minimum Gasteiger partial charge on any atom is -0.467 e. The molecule has 0 atom stereocenters. The molecule has 0 saturated heterocycles. The monoisotopic (exact) mass is 228 g/mol. The molecule has 0 aromatic carbocycles. The van der Waals surface area contributed by atoms with E-state index >= 15 is 0 Å². The summed E-state index contributed by atoms with van der Waals surface area (Å²) in [6.07, 6.45) is 0. The first-order valence-corrected chi connectivity index (χ1v) is 4.97. The van der Waals surface area contributed by atoms with Gasteiger partial charge in [0.1, 0.15) is 6.61 Å². The Kier molecular flexibility index (Phi) is 5.27. The van der Waals surface area contributed by atoms with Crippen LogP contribution in [0, 0.1) is 0 Å². The van der Waals surface area contributed by atoms with E-state index in [4.69, 9.17) is 14.2 Å². The van der Waals surface area contributed by atoms with E-state index in [1.165, 1.54) is 14.2 Å². The number of methoxy groups -OCH3 is 2. The van der Waals surface area contributed by atoms with Crippen LogP contribution in [0.3, 0.4) is 0 Å². The van der Waals surface area contributed by atoms with Crippen LogP contribution < -0.4 is 19.5 Å². The van der Waals surface area contributed by atoms with Crippen molar-refractivity contribution in [1.82, 2.24) is 20.3 Å². The van der Waals surface area contributed by atoms with Gasteiger partial charge < -0.3 is 19.5 Å². The third-order valence-corrected chi connectivity index (χ3v) is 1.70. The molecule has 0 aliphatic heterocycles. The molecule has 16 heavy (non-hydrogen) atoms. The van der Waals surface area contributed by atoms with Crippen molar-refractivity contribution in [2.45, 2.75) is 6.92 Å². The molecule has 0 aliphatic carbocycles. The van der Waals surface area contributed by atoms with Crippen LogP contribution in [0.2, 0.25) is 0 Å². The third-order valence-electron chi connectivity index (χ3n) is 1.70. The molecule has 1 aromatic rings. The average Bonchev–Trinajstić information content (AvgIpc) is 2.34. The number of nitrogens with zero attached hydrogens (tertiary/aromatic N) is 3. The van der Waals surface area contributed by atoms with Gasteiger partial charge in [0.15, 0.2) is 0 Å². The molecule has 1 N–H and O–H groups in total. The summed E-state index contributed by atoms with van der Waals surface area (Å²) in [4.78, 5) is 11.7. The Morgan fingerprint density at radius 1 is 1.00 bits per heavy atom. The molecule has 90 valence electrons. The van der Waals surface area contributed by atoms with Gasteiger partial charge in [0.05, 0.1) is 14.2 Å². The molecule has 0 amide bonds. The van der Waals surface area contributed by atoms with Crippen LogP contribution in [0.15, 0.2) is 0 Å². The van der Waals surface area contributed by atoms with E-state index in [9.17, 15) is 0 Å². The zero-order valence-corrected chi connectivity index (χ0v) is 9.69. The topological polar surface area (TPSA) is 78.4 Å². The number of hydrogen-bond acceptors (Lipinski definition) is 7. The lowest BCUT2D eigenvalue weighted by atomic mass is 10.6. The van der Waals surface area contributed by atoms with Gasteiger partial charge in [-0.25, -0.2) is 0 Å². The predicted octanol–water partition coefficient (Wildman–Crippen LogP) is -0.123. The lowest BCUT2D eigenvalue weighted by Crippen LogP contribution is -2.21. The fraction of sp³-hybridized carbons (Fsp3) is 0.667. The van der Waals surface area contributed by atoms with Crippen LogP contribution in [0.5, 0.6) is 18.0 Å². The van der Waals surface area contributed by atoms with Gasteiger partial charge in [-0.1, -0.05) is 6.92 Å². The molecule has 1 rings (SSSR count). The average molecular weight is 228 g/mol. The highest BCUT2D eigenvalue weighted by atomic mass is 16.5. The number of nitrogens with one attached hydrogen (secondary N) is 1. The van der Waals surface area contributed by atoms with E-state index in [2.05, 4.69) is 20.3 Å². The molecule has 1 aromatic heterocycles. The van der Waals surface area contributed by atoms with Gasteiger partial charge in [-0.3, -0.25) is 0 Å². The minimum atomic E-state index is 0.172. The fourth-order valence-corrected chi connectivity index (χ4v) is 0.959. The van der Waals surface area contributed by atoms with Gasteiger partial charge in [-0.2, -0.15) is 0 Å². The summed E-state index contributed by atoms with van der Waals surface area (Å²) in [6, 6.07) is 0.539. The molecule has 0 saturated carbocycles. The zero-order valence-electron chi connectivity index (χ0n) is 9.69. The lowest BCUT2D eigenvalue weighted by Gasteiger charge is -2.06. The number of likely N-dealkylation sites (N-methyl/N-ethyl adjacent to an activating group) is 1. The molecule has 7 heteroatoms. The SMILES string of the molecule is CCNCCOc1nc(OC)nc(OC)n1. The van der Waals surface area contributed by atoms with Crippen molar-refractivity contribution in [3.63, 3.8) is 0 Å². The van der Waals surface area contributed by atoms with E-state index in [-0.39, 0.29) is 18.0 Å². The maximum Gasteiger partial charge on any atom is 0.325 e. The number of hydrogen-bond donors (Lipinski definition) is 1. The maximum atomic E-state index is 5.31. The van der Waals surface area contributed by atoms with Crippen LogP contribution in [0.1, 0.15) is 6.92 Å². The first-order chi connectivity index (χ1) is 7.80. The van der Waals surface area contributed by atoms with Crippen LogP contribution in [-0.2, 0) is 0 Å². The van der Waals surface area contributed by atoms with E-state index in [1.54, 1.807) is 0 Å². The van der Waals surface area contributed by atoms with Crippen molar-refractivity contribution in [1.29, 1.82) is 0 Å². The number of rotatable bonds is 7. The van der Waals surface area contributed by atoms with Gasteiger partial charge in [-0.05, 0) is 6.54 Å². The number of ether oxygens (including phenoxy) is 3. The highest BCUT2D eigenvalue weighted by molar-refractivity contribution is 5.08. The van der Waals surface area contributed by atoms with Gasteiger partial charge in [0.25, 0.3) is 0 Å². The molecule has 0 aliphatic rings. The number of aromatic nitrogens is 3. The van der Waals surface area contributed by atoms with Crippen LogP contribution in [-0.4, -0.2) is 48.9 Å². The summed E-state index contributed by atoms with van der Waals surface area (Å²) in [5, 5.41) is 3.12. The molecular weight excluding hydrogens is 212 g/mol. The molecule has 0 fully saturated rings.